The lowest BCUT2D eigenvalue weighted by atomic mass is 9.67. The van der Waals surface area contributed by atoms with Crippen LogP contribution in [0.3, 0.4) is 0 Å². The van der Waals surface area contributed by atoms with Crippen LogP contribution in [0.15, 0.2) is 24.3 Å². The van der Waals surface area contributed by atoms with Gasteiger partial charge in [-0.05, 0) is 106 Å². The fraction of sp³-hybridized carbons (Fsp3) is 0.750. The Kier molecular flexibility index (Phi) is 7.42. The minimum absolute atomic E-state index is 0.446. The molecule has 0 aromatic heterocycles. The van der Waals surface area contributed by atoms with Crippen molar-refractivity contribution in [1.82, 2.24) is 0 Å². The molecule has 0 heterocycles. The van der Waals surface area contributed by atoms with E-state index in [4.69, 9.17) is 5.73 Å². The molecule has 2 saturated carbocycles. The Balaban J connectivity index is 1.44. The molecule has 0 amide bonds. The van der Waals surface area contributed by atoms with E-state index in [1.165, 1.54) is 63.5 Å². The Morgan fingerprint density at radius 2 is 1.46 bits per heavy atom. The van der Waals surface area contributed by atoms with Crippen molar-refractivity contribution in [2.24, 2.45) is 23.5 Å². The van der Waals surface area contributed by atoms with Gasteiger partial charge in [0.25, 0.3) is 0 Å². The summed E-state index contributed by atoms with van der Waals surface area (Å²) in [4.78, 5) is 0. The van der Waals surface area contributed by atoms with Gasteiger partial charge in [0.1, 0.15) is 0 Å². The topological polar surface area (TPSA) is 38.0 Å². The van der Waals surface area contributed by atoms with Crippen LogP contribution in [0.2, 0.25) is 0 Å². The maximum Gasteiger partial charge on any atom is 0.0340 e. The lowest BCUT2D eigenvalue weighted by Gasteiger charge is -2.39. The molecule has 0 radical (unpaired) electrons. The summed E-state index contributed by atoms with van der Waals surface area (Å²) in [7, 11) is 0. The standard InChI is InChI=1S/C24H40N2/c1-3-17-26-23-15-13-21(14-16-23)19-7-5-18(6-8-19)20-9-11-22(12-10-20)24(25)4-2/h13-16,18-20,22,24,26H,3-12,17,25H2,1-2H3. The van der Waals surface area contributed by atoms with Crippen LogP contribution < -0.4 is 11.1 Å². The van der Waals surface area contributed by atoms with Crippen molar-refractivity contribution in [1.29, 1.82) is 0 Å². The normalized spacial score (nSPS) is 30.7. The zero-order chi connectivity index (χ0) is 18.4. The SMILES string of the molecule is CCCNc1ccc(C2CCC(C3CCC(C(N)CC)CC3)CC2)cc1. The summed E-state index contributed by atoms with van der Waals surface area (Å²) in [5, 5.41) is 3.48. The van der Waals surface area contributed by atoms with Crippen molar-refractivity contribution >= 4 is 5.69 Å². The van der Waals surface area contributed by atoms with Gasteiger partial charge in [0, 0.05) is 18.3 Å². The summed E-state index contributed by atoms with van der Waals surface area (Å²) in [6.45, 7) is 5.52. The number of anilines is 1. The van der Waals surface area contributed by atoms with E-state index in [9.17, 15) is 0 Å². The van der Waals surface area contributed by atoms with Crippen LogP contribution in [0.4, 0.5) is 5.69 Å². The minimum Gasteiger partial charge on any atom is -0.385 e. The molecule has 3 rings (SSSR count). The highest BCUT2D eigenvalue weighted by Crippen LogP contribution is 2.44. The summed E-state index contributed by atoms with van der Waals surface area (Å²) >= 11 is 0. The predicted molar refractivity (Wildman–Crippen MR) is 114 cm³/mol. The Labute approximate surface area is 161 Å². The third kappa shape index (κ3) is 5.03. The summed E-state index contributed by atoms with van der Waals surface area (Å²) < 4.78 is 0. The van der Waals surface area contributed by atoms with Crippen LogP contribution in [0.1, 0.15) is 89.5 Å². The number of nitrogens with one attached hydrogen (secondary N) is 1. The molecule has 0 bridgehead atoms. The van der Waals surface area contributed by atoms with Gasteiger partial charge in [-0.3, -0.25) is 0 Å². The first-order valence-electron chi connectivity index (χ1n) is 11.3. The molecule has 1 aromatic carbocycles. The molecule has 0 spiro atoms. The van der Waals surface area contributed by atoms with Crippen LogP contribution in [0.25, 0.3) is 0 Å². The minimum atomic E-state index is 0.446. The van der Waals surface area contributed by atoms with Crippen molar-refractivity contribution in [3.63, 3.8) is 0 Å². The zero-order valence-corrected chi connectivity index (χ0v) is 17.1. The van der Waals surface area contributed by atoms with E-state index in [1.54, 1.807) is 5.56 Å². The van der Waals surface area contributed by atoms with Gasteiger partial charge in [-0.25, -0.2) is 0 Å². The molecule has 2 nitrogen and oxygen atoms in total. The number of benzene rings is 1. The number of hydrogen-bond donors (Lipinski definition) is 2. The summed E-state index contributed by atoms with van der Waals surface area (Å²) in [6, 6.07) is 9.71. The maximum atomic E-state index is 6.29. The average Bonchev–Trinajstić information content (AvgIpc) is 2.72. The van der Waals surface area contributed by atoms with Gasteiger partial charge in [-0.2, -0.15) is 0 Å². The lowest BCUT2D eigenvalue weighted by molar-refractivity contribution is 0.149. The van der Waals surface area contributed by atoms with Crippen LogP contribution in [0.5, 0.6) is 0 Å². The smallest absolute Gasteiger partial charge is 0.0340 e. The van der Waals surface area contributed by atoms with E-state index >= 15 is 0 Å². The van der Waals surface area contributed by atoms with Crippen LogP contribution in [0, 0.1) is 17.8 Å². The molecular weight excluding hydrogens is 316 g/mol. The third-order valence-electron chi connectivity index (χ3n) is 7.29. The van der Waals surface area contributed by atoms with Crippen molar-refractivity contribution in [2.45, 2.75) is 90.0 Å². The van der Waals surface area contributed by atoms with Crippen molar-refractivity contribution < 1.29 is 0 Å². The molecule has 2 fully saturated rings. The Morgan fingerprint density at radius 1 is 0.885 bits per heavy atom. The van der Waals surface area contributed by atoms with Gasteiger partial charge in [0.2, 0.25) is 0 Å². The maximum absolute atomic E-state index is 6.29. The third-order valence-corrected chi connectivity index (χ3v) is 7.29. The number of nitrogens with two attached hydrogens (primary N) is 1. The molecule has 2 aliphatic carbocycles. The molecule has 1 unspecified atom stereocenters. The number of hydrogen-bond acceptors (Lipinski definition) is 2. The zero-order valence-electron chi connectivity index (χ0n) is 17.1. The average molecular weight is 357 g/mol. The second-order valence-electron chi connectivity index (χ2n) is 8.91. The molecule has 26 heavy (non-hydrogen) atoms. The van der Waals surface area contributed by atoms with Gasteiger partial charge < -0.3 is 11.1 Å². The highest BCUT2D eigenvalue weighted by atomic mass is 14.9. The molecular formula is C24H40N2. The molecule has 3 N–H and O–H groups in total. The highest BCUT2D eigenvalue weighted by Gasteiger charge is 2.32. The quantitative estimate of drug-likeness (QED) is 0.599. The van der Waals surface area contributed by atoms with Crippen molar-refractivity contribution in [2.75, 3.05) is 11.9 Å². The van der Waals surface area contributed by atoms with Gasteiger partial charge in [0.05, 0.1) is 0 Å². The summed E-state index contributed by atoms with van der Waals surface area (Å²) in [6.07, 6.45) is 13.6. The van der Waals surface area contributed by atoms with Crippen LogP contribution >= 0.6 is 0 Å². The molecule has 0 aliphatic heterocycles. The first kappa shape index (κ1) is 19.7. The van der Waals surface area contributed by atoms with Crippen molar-refractivity contribution in [3.05, 3.63) is 29.8 Å². The molecule has 2 heteroatoms. The molecule has 0 saturated heterocycles. The van der Waals surface area contributed by atoms with Crippen LogP contribution in [-0.2, 0) is 0 Å². The molecule has 1 atom stereocenters. The van der Waals surface area contributed by atoms with Crippen LogP contribution in [-0.4, -0.2) is 12.6 Å². The summed E-state index contributed by atoms with van der Waals surface area (Å²) in [5.41, 5.74) is 9.12. The number of rotatable bonds is 7. The monoisotopic (exact) mass is 356 g/mol. The van der Waals surface area contributed by atoms with E-state index in [0.29, 0.717) is 6.04 Å². The fourth-order valence-electron chi connectivity index (χ4n) is 5.44. The van der Waals surface area contributed by atoms with Gasteiger partial charge in [-0.1, -0.05) is 26.0 Å². The lowest BCUT2D eigenvalue weighted by Crippen LogP contribution is -2.34. The van der Waals surface area contributed by atoms with E-state index in [2.05, 4.69) is 43.4 Å². The highest BCUT2D eigenvalue weighted by molar-refractivity contribution is 5.45. The second kappa shape index (κ2) is 9.78. The fourth-order valence-corrected chi connectivity index (χ4v) is 5.44. The second-order valence-corrected chi connectivity index (χ2v) is 8.91. The largest absolute Gasteiger partial charge is 0.385 e. The van der Waals surface area contributed by atoms with E-state index < -0.39 is 0 Å². The molecule has 146 valence electrons. The van der Waals surface area contributed by atoms with E-state index in [1.807, 2.05) is 0 Å². The van der Waals surface area contributed by atoms with Gasteiger partial charge >= 0.3 is 0 Å². The Bertz CT molecular complexity index is 508. The van der Waals surface area contributed by atoms with Gasteiger partial charge in [0.15, 0.2) is 0 Å². The van der Waals surface area contributed by atoms with Gasteiger partial charge in [-0.15, -0.1) is 0 Å². The first-order valence-corrected chi connectivity index (χ1v) is 11.3. The predicted octanol–water partition coefficient (Wildman–Crippen LogP) is 6.33. The Hall–Kier alpha value is -1.02. The molecule has 1 aromatic rings. The van der Waals surface area contributed by atoms with E-state index in [-0.39, 0.29) is 0 Å². The van der Waals surface area contributed by atoms with Crippen molar-refractivity contribution in [3.8, 4) is 0 Å². The Morgan fingerprint density at radius 3 is 2.00 bits per heavy atom. The molecule has 2 aliphatic rings. The first-order chi connectivity index (χ1) is 12.7. The summed E-state index contributed by atoms with van der Waals surface area (Å²) in [5.74, 6) is 3.55. The van der Waals surface area contributed by atoms with E-state index in [0.717, 1.165) is 36.6 Å².